The lowest BCUT2D eigenvalue weighted by atomic mass is 9.88. The first-order valence-corrected chi connectivity index (χ1v) is 9.75. The van der Waals surface area contributed by atoms with Crippen molar-refractivity contribution in [3.8, 4) is 22.3 Å². The summed E-state index contributed by atoms with van der Waals surface area (Å²) in [6.45, 7) is 4.42. The van der Waals surface area contributed by atoms with Gasteiger partial charge in [0.2, 0.25) is 11.8 Å². The van der Waals surface area contributed by atoms with Gasteiger partial charge in [0.25, 0.3) is 0 Å². The van der Waals surface area contributed by atoms with Gasteiger partial charge in [0.1, 0.15) is 5.82 Å². The van der Waals surface area contributed by atoms with Crippen LogP contribution in [0.5, 0.6) is 0 Å². The van der Waals surface area contributed by atoms with Gasteiger partial charge in [0.15, 0.2) is 0 Å². The Hall–Kier alpha value is -3.73. The van der Waals surface area contributed by atoms with Crippen LogP contribution in [0.1, 0.15) is 32.6 Å². The molecule has 1 heterocycles. The van der Waals surface area contributed by atoms with E-state index in [2.05, 4.69) is 6.58 Å². The average molecular weight is 398 g/mol. The molecule has 5 rings (SSSR count). The molecule has 0 fully saturated rings. The summed E-state index contributed by atoms with van der Waals surface area (Å²) in [5.41, 5.74) is 12.4. The predicted molar refractivity (Wildman–Crippen MR) is 113 cm³/mol. The predicted octanol–water partition coefficient (Wildman–Crippen LogP) is 4.19. The highest BCUT2D eigenvalue weighted by atomic mass is 19.1. The zero-order valence-electron chi connectivity index (χ0n) is 16.2. The van der Waals surface area contributed by atoms with Crippen molar-refractivity contribution in [1.29, 1.82) is 0 Å². The lowest BCUT2D eigenvalue weighted by Crippen LogP contribution is -2.22. The molecule has 0 unspecified atom stereocenters. The van der Waals surface area contributed by atoms with Gasteiger partial charge in [-0.2, -0.15) is 0 Å². The van der Waals surface area contributed by atoms with Crippen LogP contribution in [0.3, 0.4) is 0 Å². The van der Waals surface area contributed by atoms with Crippen molar-refractivity contribution >= 4 is 11.8 Å². The zero-order chi connectivity index (χ0) is 21.0. The number of hydrogen-bond acceptors (Lipinski definition) is 2. The van der Waals surface area contributed by atoms with E-state index < -0.39 is 11.7 Å². The van der Waals surface area contributed by atoms with Crippen LogP contribution >= 0.6 is 0 Å². The van der Waals surface area contributed by atoms with Gasteiger partial charge in [-0.15, -0.1) is 0 Å². The van der Waals surface area contributed by atoms with Crippen LogP contribution < -0.4 is 5.73 Å². The third kappa shape index (κ3) is 2.59. The number of nitrogens with zero attached hydrogens (tertiary/aromatic N) is 1. The van der Waals surface area contributed by atoms with Gasteiger partial charge in [-0.1, -0.05) is 49.0 Å². The van der Waals surface area contributed by atoms with Gasteiger partial charge in [-0.25, -0.2) is 4.39 Å². The largest absolute Gasteiger partial charge is 0.366 e. The molecule has 148 valence electrons. The van der Waals surface area contributed by atoms with Crippen LogP contribution in [0.15, 0.2) is 61.2 Å². The first-order valence-electron chi connectivity index (χ1n) is 9.75. The summed E-state index contributed by atoms with van der Waals surface area (Å²) in [6.07, 6.45) is 1.83. The van der Waals surface area contributed by atoms with Gasteiger partial charge in [-0.3, -0.25) is 9.59 Å². The fourth-order valence-corrected chi connectivity index (χ4v) is 4.70. The highest BCUT2D eigenvalue weighted by molar-refractivity contribution is 6.02. The molecule has 3 aromatic carbocycles. The fourth-order valence-electron chi connectivity index (χ4n) is 4.70. The quantitative estimate of drug-likeness (QED) is 0.526. The van der Waals surface area contributed by atoms with E-state index in [9.17, 15) is 9.59 Å². The summed E-state index contributed by atoms with van der Waals surface area (Å²) in [6, 6.07) is 14.8. The number of nitrogens with two attached hydrogens (primary N) is 1. The van der Waals surface area contributed by atoms with Crippen molar-refractivity contribution in [2.75, 3.05) is 0 Å². The number of amides is 2. The van der Waals surface area contributed by atoms with Crippen LogP contribution in [-0.4, -0.2) is 16.7 Å². The summed E-state index contributed by atoms with van der Waals surface area (Å²) in [5, 5.41) is 0. The lowest BCUT2D eigenvalue weighted by Gasteiger charge is -2.17. The Bertz CT molecular complexity index is 1260. The molecule has 0 saturated carbocycles. The fraction of sp³-hybridized carbons (Fsp3) is 0.120. The molecule has 1 aliphatic carbocycles. The lowest BCUT2D eigenvalue weighted by molar-refractivity contribution is -0.126. The number of hydrogen-bond donors (Lipinski definition) is 1. The molecule has 2 N–H and O–H groups in total. The second-order valence-corrected chi connectivity index (χ2v) is 7.67. The van der Waals surface area contributed by atoms with E-state index in [1.54, 1.807) is 4.90 Å². The number of benzene rings is 3. The molecule has 0 atom stereocenters. The number of carbonyl (C=O) groups excluding carboxylic acids is 2. The van der Waals surface area contributed by atoms with Gasteiger partial charge in [0, 0.05) is 24.2 Å². The Balaban J connectivity index is 1.78. The highest BCUT2D eigenvalue weighted by Gasteiger charge is 2.32. The minimum atomic E-state index is -0.634. The van der Waals surface area contributed by atoms with Crippen LogP contribution in [0.4, 0.5) is 4.39 Å². The van der Waals surface area contributed by atoms with E-state index in [-0.39, 0.29) is 11.5 Å². The number of carbonyl (C=O) groups is 2. The van der Waals surface area contributed by atoms with Gasteiger partial charge >= 0.3 is 0 Å². The van der Waals surface area contributed by atoms with Gasteiger partial charge in [0.05, 0.1) is 0 Å². The molecule has 0 saturated heterocycles. The molecule has 0 bridgehead atoms. The maximum Gasteiger partial charge on any atom is 0.249 e. The monoisotopic (exact) mass is 398 g/mol. The van der Waals surface area contributed by atoms with Crippen molar-refractivity contribution in [3.05, 3.63) is 94.8 Å². The van der Waals surface area contributed by atoms with Crippen LogP contribution in [0, 0.1) is 5.82 Å². The van der Waals surface area contributed by atoms with Crippen molar-refractivity contribution < 1.29 is 14.0 Å². The molecule has 0 radical (unpaired) electrons. The van der Waals surface area contributed by atoms with Gasteiger partial charge in [-0.05, 0) is 57.5 Å². The normalized spacial score (nSPS) is 13.6. The molecular formula is C25H19FN2O2. The molecule has 2 amide bonds. The first kappa shape index (κ1) is 18.3. The van der Waals surface area contributed by atoms with Crippen LogP contribution in [0.25, 0.3) is 22.3 Å². The van der Waals surface area contributed by atoms with E-state index in [0.29, 0.717) is 25.1 Å². The van der Waals surface area contributed by atoms with Crippen molar-refractivity contribution in [1.82, 2.24) is 4.90 Å². The Morgan fingerprint density at radius 2 is 1.70 bits per heavy atom. The molecule has 4 nitrogen and oxygen atoms in total. The molecular weight excluding hydrogens is 379 g/mol. The van der Waals surface area contributed by atoms with Gasteiger partial charge < -0.3 is 10.6 Å². The Morgan fingerprint density at radius 3 is 2.47 bits per heavy atom. The number of fused-ring (bicyclic) bond motifs is 4. The molecule has 3 aromatic rings. The molecule has 0 aromatic heterocycles. The van der Waals surface area contributed by atoms with E-state index in [0.717, 1.165) is 38.9 Å². The number of halogens is 1. The Morgan fingerprint density at radius 1 is 0.967 bits per heavy atom. The Labute approximate surface area is 173 Å². The maximum absolute atomic E-state index is 15.5. The van der Waals surface area contributed by atoms with E-state index in [1.807, 2.05) is 42.5 Å². The zero-order valence-corrected chi connectivity index (χ0v) is 16.2. The van der Waals surface area contributed by atoms with Crippen molar-refractivity contribution in [2.24, 2.45) is 5.73 Å². The molecule has 0 spiro atoms. The third-order valence-electron chi connectivity index (χ3n) is 6.05. The molecule has 30 heavy (non-hydrogen) atoms. The van der Waals surface area contributed by atoms with Crippen molar-refractivity contribution in [3.63, 3.8) is 0 Å². The van der Waals surface area contributed by atoms with E-state index in [1.165, 1.54) is 12.1 Å². The number of primary amides is 1. The Kier molecular flexibility index (Phi) is 4.07. The maximum atomic E-state index is 15.5. The summed E-state index contributed by atoms with van der Waals surface area (Å²) in [5.74, 6) is -1.27. The smallest absolute Gasteiger partial charge is 0.249 e. The van der Waals surface area contributed by atoms with Crippen molar-refractivity contribution in [2.45, 2.75) is 19.5 Å². The second-order valence-electron chi connectivity index (χ2n) is 7.67. The summed E-state index contributed by atoms with van der Waals surface area (Å²) >= 11 is 0. The SMILES string of the molecule is C=CC(=O)N1Cc2cccc(-c3c(F)cc(C(N)=O)c4c3-c3ccccc3C4)c2C1. The second kappa shape index (κ2) is 6.66. The van der Waals surface area contributed by atoms with Crippen LogP contribution in [-0.2, 0) is 24.3 Å². The number of rotatable bonds is 3. The highest BCUT2D eigenvalue weighted by Crippen LogP contribution is 2.47. The minimum Gasteiger partial charge on any atom is -0.366 e. The summed E-state index contributed by atoms with van der Waals surface area (Å²) in [7, 11) is 0. The van der Waals surface area contributed by atoms with E-state index in [4.69, 9.17) is 5.73 Å². The first-order chi connectivity index (χ1) is 14.5. The topological polar surface area (TPSA) is 63.4 Å². The van der Waals surface area contributed by atoms with Crippen LogP contribution in [0.2, 0.25) is 0 Å². The minimum absolute atomic E-state index is 0.155. The standard InChI is InChI=1S/C25H19FN2O2/c1-2-22(29)28-12-15-7-5-9-17(20(15)13-28)24-21(26)11-19(25(27)30)18-10-14-6-3-4-8-16(14)23(18)24/h2-9,11H,1,10,12-13H2,(H2,27,30). The van der Waals surface area contributed by atoms with E-state index >= 15 is 4.39 Å². The molecule has 1 aliphatic heterocycles. The molecule has 5 heteroatoms. The third-order valence-corrected chi connectivity index (χ3v) is 6.05. The summed E-state index contributed by atoms with van der Waals surface area (Å²) in [4.78, 5) is 25.9. The molecule has 2 aliphatic rings. The average Bonchev–Trinajstić information content (AvgIpc) is 3.34. The summed E-state index contributed by atoms with van der Waals surface area (Å²) < 4.78 is 15.5.